The van der Waals surface area contributed by atoms with Gasteiger partial charge in [-0.3, -0.25) is 4.79 Å². The van der Waals surface area contributed by atoms with Crippen LogP contribution < -0.4 is 5.32 Å². The highest BCUT2D eigenvalue weighted by Crippen LogP contribution is 2.13. The van der Waals surface area contributed by atoms with Crippen LogP contribution in [0.25, 0.3) is 0 Å². The van der Waals surface area contributed by atoms with Gasteiger partial charge in [-0.2, -0.15) is 0 Å². The van der Waals surface area contributed by atoms with Crippen molar-refractivity contribution < 1.29 is 9.90 Å². The van der Waals surface area contributed by atoms with E-state index in [-0.39, 0.29) is 18.1 Å². The molecule has 0 spiro atoms. The lowest BCUT2D eigenvalue weighted by molar-refractivity contribution is -0.121. The van der Waals surface area contributed by atoms with Gasteiger partial charge in [0, 0.05) is 6.42 Å². The van der Waals surface area contributed by atoms with Gasteiger partial charge in [-0.25, -0.2) is 0 Å². The number of carbonyl (C=O) groups excluding carboxylic acids is 1. The molecule has 2 N–H and O–H groups in total. The van der Waals surface area contributed by atoms with Crippen LogP contribution in [0.3, 0.4) is 0 Å². The van der Waals surface area contributed by atoms with Crippen molar-refractivity contribution in [1.29, 1.82) is 0 Å². The second kappa shape index (κ2) is 11.2. The number of hydrogen-bond donors (Lipinski definition) is 2. The minimum Gasteiger partial charge on any atom is -0.393 e. The predicted octanol–water partition coefficient (Wildman–Crippen LogP) is 4.37. The summed E-state index contributed by atoms with van der Waals surface area (Å²) in [5, 5.41) is 12.9. The van der Waals surface area contributed by atoms with Gasteiger partial charge in [-0.05, 0) is 31.7 Å². The first kappa shape index (κ1) is 18.7. The fourth-order valence-corrected chi connectivity index (χ4v) is 2.59. The highest BCUT2D eigenvalue weighted by molar-refractivity contribution is 5.76. The Morgan fingerprint density at radius 1 is 1.09 bits per heavy atom. The monoisotopic (exact) mass is 305 g/mol. The van der Waals surface area contributed by atoms with Crippen LogP contribution in [0.1, 0.15) is 76.8 Å². The van der Waals surface area contributed by atoms with E-state index in [0.717, 1.165) is 31.2 Å². The van der Waals surface area contributed by atoms with E-state index in [1.165, 1.54) is 19.3 Å². The van der Waals surface area contributed by atoms with Gasteiger partial charge in [0.15, 0.2) is 0 Å². The summed E-state index contributed by atoms with van der Waals surface area (Å²) < 4.78 is 0. The molecule has 22 heavy (non-hydrogen) atoms. The van der Waals surface area contributed by atoms with Crippen molar-refractivity contribution in [2.75, 3.05) is 0 Å². The van der Waals surface area contributed by atoms with E-state index >= 15 is 0 Å². The number of rotatable bonds is 11. The van der Waals surface area contributed by atoms with Crippen LogP contribution >= 0.6 is 0 Å². The number of aliphatic hydroxyl groups excluding tert-OH is 1. The number of nitrogens with one attached hydrogen (secondary N) is 1. The van der Waals surface area contributed by atoms with Gasteiger partial charge in [-0.1, -0.05) is 62.9 Å². The summed E-state index contributed by atoms with van der Waals surface area (Å²) in [5.41, 5.74) is 1.12. The van der Waals surface area contributed by atoms with Crippen LogP contribution in [0.5, 0.6) is 0 Å². The Labute approximate surface area is 135 Å². The minimum absolute atomic E-state index is 0.0349. The SMILES string of the molecule is CCCCCCC(O)CCCC(=O)NC(C)c1ccccc1. The van der Waals surface area contributed by atoms with Crippen molar-refractivity contribution in [3.8, 4) is 0 Å². The molecule has 124 valence electrons. The van der Waals surface area contributed by atoms with E-state index in [1.807, 2.05) is 37.3 Å². The molecule has 0 saturated heterocycles. The standard InChI is InChI=1S/C19H31NO2/c1-3-4-5-9-13-18(21)14-10-15-19(22)20-16(2)17-11-7-6-8-12-17/h6-8,11-12,16,18,21H,3-5,9-10,13-15H2,1-2H3,(H,20,22). The Kier molecular flexibility index (Phi) is 9.56. The van der Waals surface area contributed by atoms with Crippen LogP contribution in [0, 0.1) is 0 Å². The molecule has 3 heteroatoms. The lowest BCUT2D eigenvalue weighted by Crippen LogP contribution is -2.26. The maximum atomic E-state index is 11.9. The molecule has 1 aromatic carbocycles. The van der Waals surface area contributed by atoms with E-state index in [0.29, 0.717) is 6.42 Å². The summed E-state index contributed by atoms with van der Waals surface area (Å²) in [7, 11) is 0. The zero-order chi connectivity index (χ0) is 16.2. The van der Waals surface area contributed by atoms with Crippen LogP contribution in [0.4, 0.5) is 0 Å². The molecule has 0 saturated carbocycles. The van der Waals surface area contributed by atoms with Crippen molar-refractivity contribution >= 4 is 5.91 Å². The average molecular weight is 305 g/mol. The summed E-state index contributed by atoms with van der Waals surface area (Å²) >= 11 is 0. The Morgan fingerprint density at radius 2 is 1.77 bits per heavy atom. The number of amides is 1. The molecule has 0 radical (unpaired) electrons. The molecule has 0 aliphatic rings. The van der Waals surface area contributed by atoms with Gasteiger partial charge in [0.05, 0.1) is 12.1 Å². The first-order valence-electron chi connectivity index (χ1n) is 8.65. The number of carbonyl (C=O) groups is 1. The molecule has 1 amide bonds. The molecular formula is C19H31NO2. The number of hydrogen-bond acceptors (Lipinski definition) is 2. The summed E-state index contributed by atoms with van der Waals surface area (Å²) in [4.78, 5) is 11.9. The first-order chi connectivity index (χ1) is 10.6. The van der Waals surface area contributed by atoms with E-state index in [4.69, 9.17) is 0 Å². The van der Waals surface area contributed by atoms with E-state index in [9.17, 15) is 9.90 Å². The van der Waals surface area contributed by atoms with Crippen LogP contribution in [-0.4, -0.2) is 17.1 Å². The van der Waals surface area contributed by atoms with E-state index in [1.54, 1.807) is 0 Å². The topological polar surface area (TPSA) is 49.3 Å². The summed E-state index contributed by atoms with van der Waals surface area (Å²) in [6, 6.07) is 10.0. The zero-order valence-corrected chi connectivity index (χ0v) is 14.1. The second-order valence-corrected chi connectivity index (χ2v) is 6.10. The molecule has 0 bridgehead atoms. The normalized spacial score (nSPS) is 13.6. The maximum absolute atomic E-state index is 11.9. The number of benzene rings is 1. The Bertz CT molecular complexity index is 405. The van der Waals surface area contributed by atoms with Gasteiger partial charge in [0.2, 0.25) is 5.91 Å². The summed E-state index contributed by atoms with van der Waals surface area (Å²) in [6.07, 6.45) is 7.32. The van der Waals surface area contributed by atoms with Crippen molar-refractivity contribution in [3.63, 3.8) is 0 Å². The van der Waals surface area contributed by atoms with Crippen molar-refractivity contribution in [3.05, 3.63) is 35.9 Å². The highest BCUT2D eigenvalue weighted by atomic mass is 16.3. The van der Waals surface area contributed by atoms with Gasteiger partial charge in [-0.15, -0.1) is 0 Å². The van der Waals surface area contributed by atoms with Gasteiger partial charge >= 0.3 is 0 Å². The lowest BCUT2D eigenvalue weighted by atomic mass is 10.0. The van der Waals surface area contributed by atoms with Crippen LogP contribution in [0.2, 0.25) is 0 Å². The fraction of sp³-hybridized carbons (Fsp3) is 0.632. The van der Waals surface area contributed by atoms with Crippen LogP contribution in [-0.2, 0) is 4.79 Å². The van der Waals surface area contributed by atoms with E-state index < -0.39 is 0 Å². The third-order valence-electron chi connectivity index (χ3n) is 4.01. The Balaban J connectivity index is 2.13. The quantitative estimate of drug-likeness (QED) is 0.597. The lowest BCUT2D eigenvalue weighted by Gasteiger charge is -2.15. The average Bonchev–Trinajstić information content (AvgIpc) is 2.52. The molecule has 0 aliphatic carbocycles. The molecule has 1 aromatic rings. The summed E-state index contributed by atoms with van der Waals surface area (Å²) in [6.45, 7) is 4.18. The third kappa shape index (κ3) is 8.18. The molecule has 0 heterocycles. The van der Waals surface area contributed by atoms with Gasteiger partial charge < -0.3 is 10.4 Å². The smallest absolute Gasteiger partial charge is 0.220 e. The summed E-state index contributed by atoms with van der Waals surface area (Å²) in [5.74, 6) is 0.0644. The third-order valence-corrected chi connectivity index (χ3v) is 4.01. The molecule has 0 fully saturated rings. The molecule has 2 unspecified atom stereocenters. The van der Waals surface area contributed by atoms with E-state index in [2.05, 4.69) is 12.2 Å². The largest absolute Gasteiger partial charge is 0.393 e. The molecule has 0 aromatic heterocycles. The Morgan fingerprint density at radius 3 is 2.45 bits per heavy atom. The minimum atomic E-state index is -0.254. The zero-order valence-electron chi connectivity index (χ0n) is 14.1. The van der Waals surface area contributed by atoms with Gasteiger partial charge in [0.25, 0.3) is 0 Å². The second-order valence-electron chi connectivity index (χ2n) is 6.10. The fourth-order valence-electron chi connectivity index (χ4n) is 2.59. The molecule has 2 atom stereocenters. The first-order valence-corrected chi connectivity index (χ1v) is 8.65. The highest BCUT2D eigenvalue weighted by Gasteiger charge is 2.10. The number of unbranched alkanes of at least 4 members (excludes halogenated alkanes) is 3. The van der Waals surface area contributed by atoms with Crippen LogP contribution in [0.15, 0.2) is 30.3 Å². The maximum Gasteiger partial charge on any atom is 0.220 e. The predicted molar refractivity (Wildman–Crippen MR) is 91.6 cm³/mol. The van der Waals surface area contributed by atoms with Crippen molar-refractivity contribution in [1.82, 2.24) is 5.32 Å². The van der Waals surface area contributed by atoms with Gasteiger partial charge in [0.1, 0.15) is 0 Å². The number of aliphatic hydroxyl groups is 1. The molecule has 3 nitrogen and oxygen atoms in total. The Hall–Kier alpha value is -1.35. The van der Waals surface area contributed by atoms with Crippen molar-refractivity contribution in [2.24, 2.45) is 0 Å². The molecule has 1 rings (SSSR count). The van der Waals surface area contributed by atoms with Crippen molar-refractivity contribution in [2.45, 2.75) is 77.4 Å². The molecular weight excluding hydrogens is 274 g/mol. The molecule has 0 aliphatic heterocycles.